The van der Waals surface area contributed by atoms with Crippen molar-refractivity contribution in [1.29, 1.82) is 0 Å². The van der Waals surface area contributed by atoms with Crippen molar-refractivity contribution in [3.8, 4) is 0 Å². The number of allylic oxidation sites excluding steroid dienone is 6. The lowest BCUT2D eigenvalue weighted by Gasteiger charge is -2.44. The van der Waals surface area contributed by atoms with Crippen molar-refractivity contribution in [3.05, 3.63) is 72.9 Å². The molecule has 0 aliphatic carbocycles. The summed E-state index contributed by atoms with van der Waals surface area (Å²) in [6.45, 7) is 50.2. The summed E-state index contributed by atoms with van der Waals surface area (Å²) in [6.07, 6.45) is 0. The van der Waals surface area contributed by atoms with Gasteiger partial charge < -0.3 is 0 Å². The van der Waals surface area contributed by atoms with Gasteiger partial charge in [-0.1, -0.05) is 117 Å². The van der Waals surface area contributed by atoms with Gasteiger partial charge >= 0.3 is 0 Å². The molecular formula is C28H48. The molecule has 0 aromatic carbocycles. The Balaban J connectivity index is 0. The summed E-state index contributed by atoms with van der Waals surface area (Å²) in [5, 5.41) is 0. The highest BCUT2D eigenvalue weighted by molar-refractivity contribution is 5.34. The predicted molar refractivity (Wildman–Crippen MR) is 133 cm³/mol. The molecule has 0 fully saturated rings. The molecule has 0 aliphatic rings. The average Bonchev–Trinajstić information content (AvgIpc) is 2.52. The van der Waals surface area contributed by atoms with Crippen molar-refractivity contribution in [3.63, 3.8) is 0 Å². The molecule has 0 spiro atoms. The molecule has 0 aromatic rings. The minimum atomic E-state index is 0.00463. The Morgan fingerprint density at radius 3 is 0.679 bits per heavy atom. The van der Waals surface area contributed by atoms with E-state index < -0.39 is 0 Å². The van der Waals surface area contributed by atoms with Gasteiger partial charge in [0.15, 0.2) is 0 Å². The number of hydrogen-bond acceptors (Lipinski definition) is 0. The van der Waals surface area contributed by atoms with E-state index >= 15 is 0 Å². The van der Waals surface area contributed by atoms with Crippen LogP contribution in [-0.4, -0.2) is 0 Å². The molecule has 0 heterocycles. The highest BCUT2D eigenvalue weighted by Crippen LogP contribution is 2.50. The maximum atomic E-state index is 4.13. The Hall–Kier alpha value is -1.56. The zero-order valence-electron chi connectivity index (χ0n) is 21.2. The second-order valence-electron chi connectivity index (χ2n) is 10.6. The SMILES string of the molecule is C=C(C)C(=C)C(C)(C)C(C)(C)C(=C)C.C=C(C)C(=C)C(C)(C)C(C)(C)C(=C)C. The highest BCUT2D eigenvalue weighted by atomic mass is 14.4. The minimum absolute atomic E-state index is 0.00463. The Morgan fingerprint density at radius 2 is 0.571 bits per heavy atom. The van der Waals surface area contributed by atoms with E-state index in [-0.39, 0.29) is 21.7 Å². The molecule has 0 heteroatoms. The van der Waals surface area contributed by atoms with E-state index in [1.165, 1.54) is 11.1 Å². The Morgan fingerprint density at radius 1 is 0.393 bits per heavy atom. The van der Waals surface area contributed by atoms with Crippen LogP contribution >= 0.6 is 0 Å². The lowest BCUT2D eigenvalue weighted by Crippen LogP contribution is -2.35. The van der Waals surface area contributed by atoms with Gasteiger partial charge in [-0.15, -0.1) is 0 Å². The topological polar surface area (TPSA) is 0 Å². The van der Waals surface area contributed by atoms with Gasteiger partial charge in [0.1, 0.15) is 0 Å². The summed E-state index contributed by atoms with van der Waals surface area (Å²) in [5.41, 5.74) is 6.82. The molecule has 0 aliphatic heterocycles. The highest BCUT2D eigenvalue weighted by Gasteiger charge is 2.40. The van der Waals surface area contributed by atoms with Crippen LogP contribution in [0.3, 0.4) is 0 Å². The third kappa shape index (κ3) is 5.72. The van der Waals surface area contributed by atoms with E-state index in [1.807, 2.05) is 13.8 Å². The lowest BCUT2D eigenvalue weighted by atomic mass is 9.60. The molecule has 0 N–H and O–H groups in total. The smallest absolute Gasteiger partial charge is 0.00190 e. The summed E-state index contributed by atoms with van der Waals surface area (Å²) >= 11 is 0. The third-order valence-corrected chi connectivity index (χ3v) is 7.80. The maximum Gasteiger partial charge on any atom is -0.00190 e. The van der Waals surface area contributed by atoms with Crippen molar-refractivity contribution in [1.82, 2.24) is 0 Å². The standard InChI is InChI=1S/2C14H24/c2*1-10(2)12(5)14(8,9)13(6,7)11(3)4/h2*1,3,5H2,2,4,6-9H3. The van der Waals surface area contributed by atoms with Gasteiger partial charge in [-0.2, -0.15) is 0 Å². The molecule has 28 heavy (non-hydrogen) atoms. The van der Waals surface area contributed by atoms with Gasteiger partial charge in [0.2, 0.25) is 0 Å². The molecule has 0 unspecified atom stereocenters. The van der Waals surface area contributed by atoms with Crippen LogP contribution < -0.4 is 0 Å². The molecule has 0 aromatic heterocycles. The average molecular weight is 385 g/mol. The number of hydrogen-bond donors (Lipinski definition) is 0. The first-order valence-corrected chi connectivity index (χ1v) is 10.1. The van der Waals surface area contributed by atoms with Crippen LogP contribution in [0, 0.1) is 21.7 Å². The fraction of sp³-hybridized carbons (Fsp3) is 0.571. The minimum Gasteiger partial charge on any atom is -0.0996 e. The summed E-state index contributed by atoms with van der Waals surface area (Å²) in [7, 11) is 0. The van der Waals surface area contributed by atoms with Gasteiger partial charge in [0.05, 0.1) is 0 Å². The van der Waals surface area contributed by atoms with Crippen LogP contribution in [0.25, 0.3) is 0 Å². The Kier molecular flexibility index (Phi) is 9.51. The molecule has 0 rings (SSSR count). The van der Waals surface area contributed by atoms with Crippen LogP contribution in [0.5, 0.6) is 0 Å². The molecule has 0 atom stereocenters. The Labute approximate surface area is 177 Å². The summed E-state index contributed by atoms with van der Waals surface area (Å²) < 4.78 is 0. The molecule has 0 radical (unpaired) electrons. The predicted octanol–water partition coefficient (Wildman–Crippen LogP) is 9.49. The monoisotopic (exact) mass is 384 g/mol. The molecular weight excluding hydrogens is 336 g/mol. The maximum absolute atomic E-state index is 4.13. The largest absolute Gasteiger partial charge is 0.0996 e. The molecule has 0 saturated heterocycles. The van der Waals surface area contributed by atoms with Crippen molar-refractivity contribution in [2.45, 2.75) is 83.1 Å². The van der Waals surface area contributed by atoms with Gasteiger partial charge in [-0.25, -0.2) is 0 Å². The van der Waals surface area contributed by atoms with Gasteiger partial charge in [-0.05, 0) is 60.5 Å². The Bertz CT molecular complexity index is 609. The first-order valence-electron chi connectivity index (χ1n) is 10.1. The van der Waals surface area contributed by atoms with Crippen molar-refractivity contribution >= 4 is 0 Å². The quantitative estimate of drug-likeness (QED) is 0.288. The van der Waals surface area contributed by atoms with Crippen LogP contribution in [0.4, 0.5) is 0 Å². The zero-order valence-corrected chi connectivity index (χ0v) is 21.2. The summed E-state index contributed by atoms with van der Waals surface area (Å²) in [6, 6.07) is 0. The van der Waals surface area contributed by atoms with Crippen molar-refractivity contribution in [2.75, 3.05) is 0 Å². The van der Waals surface area contributed by atoms with Crippen LogP contribution in [-0.2, 0) is 0 Å². The van der Waals surface area contributed by atoms with Crippen LogP contribution in [0.1, 0.15) is 83.1 Å². The molecule has 0 nitrogen and oxygen atoms in total. The van der Waals surface area contributed by atoms with Gasteiger partial charge in [-0.3, -0.25) is 0 Å². The van der Waals surface area contributed by atoms with Crippen LogP contribution in [0.15, 0.2) is 72.9 Å². The first-order chi connectivity index (χ1) is 12.1. The van der Waals surface area contributed by atoms with Gasteiger partial charge in [0.25, 0.3) is 0 Å². The van der Waals surface area contributed by atoms with E-state index in [9.17, 15) is 0 Å². The third-order valence-electron chi connectivity index (χ3n) is 7.80. The van der Waals surface area contributed by atoms with E-state index in [1.54, 1.807) is 0 Å². The fourth-order valence-corrected chi connectivity index (χ4v) is 2.89. The van der Waals surface area contributed by atoms with Gasteiger partial charge in [0, 0.05) is 0 Å². The van der Waals surface area contributed by atoms with E-state index in [0.29, 0.717) is 0 Å². The second-order valence-corrected chi connectivity index (χ2v) is 10.6. The van der Waals surface area contributed by atoms with E-state index in [0.717, 1.165) is 22.3 Å². The van der Waals surface area contributed by atoms with Crippen LogP contribution in [0.2, 0.25) is 0 Å². The van der Waals surface area contributed by atoms with Crippen molar-refractivity contribution < 1.29 is 0 Å². The molecule has 0 saturated carbocycles. The molecule has 0 amide bonds. The number of rotatable bonds is 8. The normalized spacial score (nSPS) is 12.4. The van der Waals surface area contributed by atoms with Crippen molar-refractivity contribution in [2.24, 2.45) is 21.7 Å². The summed E-state index contributed by atoms with van der Waals surface area (Å²) in [4.78, 5) is 0. The molecule has 160 valence electrons. The fourth-order valence-electron chi connectivity index (χ4n) is 2.89. The van der Waals surface area contributed by atoms with E-state index in [2.05, 4.69) is 109 Å². The van der Waals surface area contributed by atoms with E-state index in [4.69, 9.17) is 0 Å². The summed E-state index contributed by atoms with van der Waals surface area (Å²) in [5.74, 6) is 0. The first kappa shape index (κ1) is 28.6. The lowest BCUT2D eigenvalue weighted by molar-refractivity contribution is 0.203. The zero-order chi connectivity index (χ0) is 23.5. The second kappa shape index (κ2) is 9.29. The molecule has 0 bridgehead atoms.